The predicted octanol–water partition coefficient (Wildman–Crippen LogP) is 5.71. The molecule has 0 bridgehead atoms. The molecule has 1 aromatic carbocycles. The van der Waals surface area contributed by atoms with Gasteiger partial charge in [-0.3, -0.25) is 9.59 Å². The number of rotatable bonds is 7. The van der Waals surface area contributed by atoms with Gasteiger partial charge in [0.15, 0.2) is 0 Å². The van der Waals surface area contributed by atoms with Gasteiger partial charge in [0.1, 0.15) is 6.04 Å². The predicted molar refractivity (Wildman–Crippen MR) is 142 cm³/mol. The van der Waals surface area contributed by atoms with E-state index in [-0.39, 0.29) is 17.2 Å². The fourth-order valence-electron chi connectivity index (χ4n) is 3.49. The number of thioether (sulfide) groups is 1. The first-order chi connectivity index (χ1) is 15.5. The van der Waals surface area contributed by atoms with Gasteiger partial charge in [-0.15, -0.1) is 0 Å². The van der Waals surface area contributed by atoms with Crippen molar-refractivity contribution in [3.63, 3.8) is 0 Å². The van der Waals surface area contributed by atoms with E-state index >= 15 is 0 Å². The van der Waals surface area contributed by atoms with E-state index in [9.17, 15) is 9.59 Å². The summed E-state index contributed by atoms with van der Waals surface area (Å²) in [5, 5.41) is 4.82. The van der Waals surface area contributed by atoms with Crippen molar-refractivity contribution in [2.24, 2.45) is 11.1 Å². The van der Waals surface area contributed by atoms with E-state index in [1.54, 1.807) is 16.7 Å². The van der Waals surface area contributed by atoms with Gasteiger partial charge < -0.3 is 16.0 Å². The fraction of sp³-hybridized carbons (Fsp3) is 0.556. The van der Waals surface area contributed by atoms with Gasteiger partial charge in [0.05, 0.1) is 6.04 Å². The summed E-state index contributed by atoms with van der Waals surface area (Å²) < 4.78 is 0. The molecule has 1 saturated heterocycles. The first-order valence-corrected chi connectivity index (χ1v) is 12.7. The number of nitrogens with one attached hydrogen (secondary N) is 1. The van der Waals surface area contributed by atoms with Gasteiger partial charge in [0.25, 0.3) is 0 Å². The van der Waals surface area contributed by atoms with Crippen molar-refractivity contribution < 1.29 is 9.59 Å². The molecular formula is C27H43N3O2S. The Balaban J connectivity index is 0.00000172. The Morgan fingerprint density at radius 2 is 1.82 bits per heavy atom. The highest BCUT2D eigenvalue weighted by Gasteiger charge is 2.39. The molecule has 3 N–H and O–H groups in total. The quantitative estimate of drug-likeness (QED) is 0.532. The molecule has 1 fully saturated rings. The highest BCUT2D eigenvalue weighted by molar-refractivity contribution is 8.10. The van der Waals surface area contributed by atoms with E-state index in [1.165, 1.54) is 16.9 Å². The summed E-state index contributed by atoms with van der Waals surface area (Å²) in [6, 6.07) is 7.12. The van der Waals surface area contributed by atoms with Crippen LogP contribution in [0.3, 0.4) is 0 Å². The summed E-state index contributed by atoms with van der Waals surface area (Å²) in [6.07, 6.45) is 2.75. The highest BCUT2D eigenvalue weighted by atomic mass is 32.2. The lowest BCUT2D eigenvalue weighted by molar-refractivity contribution is -0.141. The summed E-state index contributed by atoms with van der Waals surface area (Å²) in [4.78, 5) is 28.4. The van der Waals surface area contributed by atoms with Crippen molar-refractivity contribution in [3.05, 3.63) is 53.0 Å². The average Bonchev–Trinajstić information content (AvgIpc) is 3.25. The maximum Gasteiger partial charge on any atom is 0.243 e. The molecule has 0 aromatic heterocycles. The Bertz CT molecular complexity index is 821. The molecule has 2 rings (SSSR count). The first kappa shape index (κ1) is 29.0. The minimum atomic E-state index is -0.615. The van der Waals surface area contributed by atoms with Crippen molar-refractivity contribution >= 4 is 28.5 Å². The Hall–Kier alpha value is -2.05. The van der Waals surface area contributed by atoms with Crippen molar-refractivity contribution in [3.8, 4) is 0 Å². The van der Waals surface area contributed by atoms with E-state index in [1.807, 2.05) is 38.3 Å². The lowest BCUT2D eigenvalue weighted by Gasteiger charge is -2.32. The van der Waals surface area contributed by atoms with E-state index < -0.39 is 12.1 Å². The van der Waals surface area contributed by atoms with Crippen LogP contribution in [0, 0.1) is 5.41 Å². The lowest BCUT2D eigenvalue weighted by Crippen LogP contribution is -2.54. The van der Waals surface area contributed by atoms with Crippen LogP contribution in [0.4, 0.5) is 0 Å². The molecule has 2 unspecified atom stereocenters. The molecule has 1 aliphatic heterocycles. The van der Waals surface area contributed by atoms with Crippen molar-refractivity contribution in [2.45, 2.75) is 86.4 Å². The molecule has 1 heterocycles. The third-order valence-corrected chi connectivity index (χ3v) is 6.42. The van der Waals surface area contributed by atoms with Gasteiger partial charge in [-0.2, -0.15) is 0 Å². The van der Waals surface area contributed by atoms with Crippen LogP contribution in [0.25, 0.3) is 4.91 Å². The number of nitrogens with zero attached hydrogens (tertiary/aromatic N) is 1. The number of amides is 2. The van der Waals surface area contributed by atoms with Crippen molar-refractivity contribution in [1.29, 1.82) is 0 Å². The molecule has 2 amide bonds. The number of nitrogens with two attached hydrogens (primary N) is 1. The van der Waals surface area contributed by atoms with Crippen LogP contribution in [-0.4, -0.2) is 35.3 Å². The zero-order chi connectivity index (χ0) is 25.2. The van der Waals surface area contributed by atoms with Crippen LogP contribution in [-0.2, 0) is 16.1 Å². The lowest BCUT2D eigenvalue weighted by atomic mass is 9.86. The average molecular weight is 474 g/mol. The van der Waals surface area contributed by atoms with Crippen molar-refractivity contribution in [1.82, 2.24) is 10.2 Å². The van der Waals surface area contributed by atoms with E-state index in [4.69, 9.17) is 5.73 Å². The van der Waals surface area contributed by atoms with Gasteiger partial charge in [-0.05, 0) is 48.6 Å². The summed E-state index contributed by atoms with van der Waals surface area (Å²) in [5.74, 6) is -0.253. The van der Waals surface area contributed by atoms with Crippen LogP contribution < -0.4 is 11.1 Å². The molecule has 33 heavy (non-hydrogen) atoms. The first-order valence-electron chi connectivity index (χ1n) is 11.9. The fourth-order valence-corrected chi connectivity index (χ4v) is 4.17. The zero-order valence-corrected chi connectivity index (χ0v) is 22.3. The Kier molecular flexibility index (Phi) is 12.0. The highest BCUT2D eigenvalue weighted by Crippen LogP contribution is 2.31. The normalized spacial score (nSPS) is 16.4. The number of likely N-dealkylation sites (tertiary alicyclic amines) is 1. The van der Waals surface area contributed by atoms with Gasteiger partial charge in [0.2, 0.25) is 11.8 Å². The smallest absolute Gasteiger partial charge is 0.243 e. The minimum absolute atomic E-state index is 0.113. The topological polar surface area (TPSA) is 75.4 Å². The van der Waals surface area contributed by atoms with Crippen molar-refractivity contribution in [2.75, 3.05) is 6.54 Å². The maximum absolute atomic E-state index is 12.8. The van der Waals surface area contributed by atoms with Crippen LogP contribution in [0.1, 0.15) is 78.9 Å². The second-order valence-electron chi connectivity index (χ2n) is 9.77. The summed E-state index contributed by atoms with van der Waals surface area (Å²) in [5.41, 5.74) is 9.21. The standard InChI is InChI=1S/C24H35N3O2S.C3H8/c1-7-30-20(16(2)3)18-12-10-17(11-13-18)15-26-22(28)19-9-8-14-27(19)23(29)21(25)24(4,5)6;1-3-2/h7,10-13,19,21H,1,8-9,14-15,25H2,2-6H3,(H,26,28);3H2,1-2H3. The van der Waals surface area contributed by atoms with Gasteiger partial charge in [-0.25, -0.2) is 0 Å². The number of allylic oxidation sites excluding steroid dienone is 1. The number of carbonyl (C=O) groups excluding carboxylic acids is 2. The second-order valence-corrected chi connectivity index (χ2v) is 10.7. The molecule has 0 saturated carbocycles. The molecule has 0 aliphatic carbocycles. The number of hydrogen-bond donors (Lipinski definition) is 2. The number of hydrogen-bond acceptors (Lipinski definition) is 4. The minimum Gasteiger partial charge on any atom is -0.350 e. The molecule has 0 radical (unpaired) electrons. The molecular weight excluding hydrogens is 430 g/mol. The molecule has 1 aromatic rings. The van der Waals surface area contributed by atoms with Crippen LogP contribution in [0.5, 0.6) is 0 Å². The third kappa shape index (κ3) is 8.67. The molecule has 5 nitrogen and oxygen atoms in total. The van der Waals surface area contributed by atoms with Crippen LogP contribution in [0.15, 0.2) is 41.8 Å². The Labute approximate surface area is 205 Å². The van der Waals surface area contributed by atoms with E-state index in [2.05, 4.69) is 51.7 Å². The Morgan fingerprint density at radius 1 is 1.24 bits per heavy atom. The summed E-state index contributed by atoms with van der Waals surface area (Å²) >= 11 is 1.61. The van der Waals surface area contributed by atoms with E-state index in [0.717, 1.165) is 17.5 Å². The van der Waals surface area contributed by atoms with Gasteiger partial charge in [-0.1, -0.05) is 89.2 Å². The van der Waals surface area contributed by atoms with Gasteiger partial charge in [0, 0.05) is 18.0 Å². The second kappa shape index (κ2) is 13.6. The Morgan fingerprint density at radius 3 is 2.30 bits per heavy atom. The zero-order valence-electron chi connectivity index (χ0n) is 21.5. The molecule has 6 heteroatoms. The largest absolute Gasteiger partial charge is 0.350 e. The summed E-state index contributed by atoms with van der Waals surface area (Å²) in [6.45, 7) is 19.1. The SMILES string of the molecule is C=CSC(=C(C)C)c1ccc(CNC(=O)C2CCCN2C(=O)C(N)C(C)(C)C)cc1.CCC. The molecule has 2 atom stereocenters. The molecule has 1 aliphatic rings. The van der Waals surface area contributed by atoms with Crippen LogP contribution in [0.2, 0.25) is 0 Å². The maximum atomic E-state index is 12.8. The molecule has 184 valence electrons. The van der Waals surface area contributed by atoms with Crippen LogP contribution >= 0.6 is 11.8 Å². The monoisotopic (exact) mass is 473 g/mol. The third-order valence-electron chi connectivity index (χ3n) is 5.38. The number of carbonyl (C=O) groups is 2. The molecule has 0 spiro atoms. The summed E-state index contributed by atoms with van der Waals surface area (Å²) in [7, 11) is 0. The van der Waals surface area contributed by atoms with E-state index in [0.29, 0.717) is 19.5 Å². The van der Waals surface area contributed by atoms with Gasteiger partial charge >= 0.3 is 0 Å². The number of benzene rings is 1.